The van der Waals surface area contributed by atoms with E-state index in [1.165, 1.54) is 0 Å². The van der Waals surface area contributed by atoms with Crippen LogP contribution in [0.1, 0.15) is 36.6 Å². The summed E-state index contributed by atoms with van der Waals surface area (Å²) in [6.07, 6.45) is 0.720. The molecule has 2 aromatic rings. The van der Waals surface area contributed by atoms with Gasteiger partial charge < -0.3 is 24.3 Å². The monoisotopic (exact) mass is 490 g/mol. The average molecular weight is 491 g/mol. The van der Waals surface area contributed by atoms with Crippen molar-refractivity contribution in [2.24, 2.45) is 0 Å². The van der Waals surface area contributed by atoms with Crippen LogP contribution in [0.4, 0.5) is 5.69 Å². The number of hydrogen-bond acceptors (Lipinski definition) is 8. The van der Waals surface area contributed by atoms with Crippen LogP contribution in [0, 0.1) is 0 Å². The van der Waals surface area contributed by atoms with Gasteiger partial charge in [-0.05, 0) is 67.3 Å². The third-order valence-corrected chi connectivity index (χ3v) is 5.88. The number of methoxy groups -OCH3 is 2. The molecular weight excluding hydrogens is 460 g/mol. The quantitative estimate of drug-likeness (QED) is 0.503. The smallest absolute Gasteiger partial charge is 0.325 e. The van der Waals surface area contributed by atoms with Crippen molar-refractivity contribution in [1.82, 2.24) is 4.90 Å². The van der Waals surface area contributed by atoms with E-state index in [4.69, 9.17) is 30.5 Å². The Kier molecular flexibility index (Phi) is 9.01. The molecule has 34 heavy (non-hydrogen) atoms. The molecular formula is C25H31ClN2O6. The molecule has 184 valence electrons. The van der Waals surface area contributed by atoms with Crippen LogP contribution in [0.2, 0.25) is 5.02 Å². The number of fused-ring (bicyclic) bond motifs is 1. The minimum Gasteiger partial charge on any atom is -0.493 e. The molecule has 0 fully saturated rings. The van der Waals surface area contributed by atoms with Crippen molar-refractivity contribution in [1.29, 1.82) is 0 Å². The topological polar surface area (TPSA) is 86.3 Å². The van der Waals surface area contributed by atoms with E-state index >= 15 is 0 Å². The number of rotatable bonds is 10. The zero-order valence-corrected chi connectivity index (χ0v) is 20.7. The fraction of sp³-hybridized carbons (Fsp3) is 0.440. The van der Waals surface area contributed by atoms with E-state index in [2.05, 4.69) is 5.32 Å². The van der Waals surface area contributed by atoms with Crippen LogP contribution in [0.5, 0.6) is 11.5 Å². The summed E-state index contributed by atoms with van der Waals surface area (Å²) in [6.45, 7) is 4.89. The molecule has 1 unspecified atom stereocenters. The Hall–Kier alpha value is -2.97. The molecule has 2 aromatic carbocycles. The highest BCUT2D eigenvalue weighted by molar-refractivity contribution is 6.30. The van der Waals surface area contributed by atoms with Gasteiger partial charge in [-0.25, -0.2) is 0 Å². The molecule has 0 aliphatic carbocycles. The normalized spacial score (nSPS) is 15.3. The van der Waals surface area contributed by atoms with Crippen molar-refractivity contribution in [3.05, 3.63) is 52.0 Å². The first kappa shape index (κ1) is 25.6. The standard InChI is InChI=1S/C25H31ClN2O6/c1-5-33-23(29)14-27-20-8-7-17(26)12-19(20)25-18-13-22(32-4)21(31-3)11-16(18)9-10-28(25)15-24(30)34-6-2/h7-8,11-13,25,27H,5-6,9-10,14-15H2,1-4H3. The molecule has 1 N–H and O–H groups in total. The van der Waals surface area contributed by atoms with E-state index in [0.29, 0.717) is 36.3 Å². The van der Waals surface area contributed by atoms with Crippen LogP contribution in [0.15, 0.2) is 30.3 Å². The van der Waals surface area contributed by atoms with Crippen molar-refractivity contribution in [3.63, 3.8) is 0 Å². The fourth-order valence-corrected chi connectivity index (χ4v) is 4.39. The molecule has 0 radical (unpaired) electrons. The second kappa shape index (κ2) is 11.9. The van der Waals surface area contributed by atoms with Crippen molar-refractivity contribution >= 4 is 29.2 Å². The molecule has 1 atom stereocenters. The third-order valence-electron chi connectivity index (χ3n) is 5.65. The van der Waals surface area contributed by atoms with Crippen LogP contribution < -0.4 is 14.8 Å². The highest BCUT2D eigenvalue weighted by Gasteiger charge is 2.33. The minimum atomic E-state index is -0.359. The first-order chi connectivity index (χ1) is 16.4. The fourth-order valence-electron chi connectivity index (χ4n) is 4.20. The molecule has 0 saturated heterocycles. The number of anilines is 1. The summed E-state index contributed by atoms with van der Waals surface area (Å²) >= 11 is 6.41. The van der Waals surface area contributed by atoms with Gasteiger partial charge in [0.25, 0.3) is 0 Å². The number of carbonyl (C=O) groups excluding carboxylic acids is 2. The Balaban J connectivity index is 2.10. The zero-order valence-electron chi connectivity index (χ0n) is 20.0. The predicted octanol–water partition coefficient (Wildman–Crippen LogP) is 3.84. The molecule has 1 aliphatic rings. The molecule has 0 aromatic heterocycles. The summed E-state index contributed by atoms with van der Waals surface area (Å²) in [5.74, 6) is 0.569. The van der Waals surface area contributed by atoms with Crippen molar-refractivity contribution in [3.8, 4) is 11.5 Å². The molecule has 8 nitrogen and oxygen atoms in total. The van der Waals surface area contributed by atoms with Crippen molar-refractivity contribution in [2.45, 2.75) is 26.3 Å². The lowest BCUT2D eigenvalue weighted by Crippen LogP contribution is -2.40. The largest absolute Gasteiger partial charge is 0.493 e. The van der Waals surface area contributed by atoms with Gasteiger partial charge in [0.1, 0.15) is 6.54 Å². The first-order valence-electron chi connectivity index (χ1n) is 11.2. The first-order valence-corrected chi connectivity index (χ1v) is 11.6. The number of esters is 2. The number of ether oxygens (including phenoxy) is 4. The third kappa shape index (κ3) is 5.93. The Morgan fingerprint density at radius 1 is 1.00 bits per heavy atom. The molecule has 1 aliphatic heterocycles. The Morgan fingerprint density at radius 2 is 1.68 bits per heavy atom. The van der Waals surface area contributed by atoms with Gasteiger partial charge in [-0.15, -0.1) is 0 Å². The van der Waals surface area contributed by atoms with E-state index < -0.39 is 0 Å². The molecule has 0 saturated carbocycles. The van der Waals surface area contributed by atoms with Crippen LogP contribution >= 0.6 is 11.6 Å². The van der Waals surface area contributed by atoms with Gasteiger partial charge in [-0.3, -0.25) is 14.5 Å². The molecule has 0 spiro atoms. The van der Waals surface area contributed by atoms with Crippen molar-refractivity contribution in [2.75, 3.05) is 52.4 Å². The van der Waals surface area contributed by atoms with Crippen molar-refractivity contribution < 1.29 is 28.5 Å². The Bertz CT molecular complexity index is 1030. The predicted molar refractivity (Wildman–Crippen MR) is 130 cm³/mol. The lowest BCUT2D eigenvalue weighted by atomic mass is 9.86. The Morgan fingerprint density at radius 3 is 2.35 bits per heavy atom. The van der Waals surface area contributed by atoms with Crippen LogP contribution in [-0.2, 0) is 25.5 Å². The van der Waals surface area contributed by atoms with Crippen LogP contribution in [-0.4, -0.2) is 63.9 Å². The maximum absolute atomic E-state index is 12.5. The lowest BCUT2D eigenvalue weighted by Gasteiger charge is -2.38. The van der Waals surface area contributed by atoms with E-state index in [1.54, 1.807) is 34.1 Å². The molecule has 9 heteroatoms. The number of carbonyl (C=O) groups is 2. The van der Waals surface area contributed by atoms with Gasteiger partial charge in [0, 0.05) is 17.3 Å². The summed E-state index contributed by atoms with van der Waals surface area (Å²) in [4.78, 5) is 26.5. The SMILES string of the molecule is CCOC(=O)CNc1ccc(Cl)cc1C1c2cc(OC)c(OC)cc2CCN1CC(=O)OCC. The molecule has 3 rings (SSSR count). The second-order valence-corrected chi connectivity index (χ2v) is 8.16. The number of benzene rings is 2. The van der Waals surface area contributed by atoms with E-state index in [1.807, 2.05) is 29.2 Å². The number of nitrogens with one attached hydrogen (secondary N) is 1. The number of halogens is 1. The summed E-state index contributed by atoms with van der Waals surface area (Å²) in [6, 6.07) is 9.01. The van der Waals surface area contributed by atoms with Gasteiger partial charge in [0.05, 0.1) is 40.0 Å². The minimum absolute atomic E-state index is 0.00581. The van der Waals surface area contributed by atoms with Gasteiger partial charge in [0.15, 0.2) is 11.5 Å². The number of nitrogens with zero attached hydrogens (tertiary/aromatic N) is 1. The molecule has 0 bridgehead atoms. The summed E-state index contributed by atoms with van der Waals surface area (Å²) in [5, 5.41) is 3.71. The van der Waals surface area contributed by atoms with E-state index in [0.717, 1.165) is 28.8 Å². The highest BCUT2D eigenvalue weighted by atomic mass is 35.5. The maximum Gasteiger partial charge on any atom is 0.325 e. The highest BCUT2D eigenvalue weighted by Crippen LogP contribution is 2.43. The average Bonchev–Trinajstić information content (AvgIpc) is 2.82. The maximum atomic E-state index is 12.5. The van der Waals surface area contributed by atoms with E-state index in [9.17, 15) is 9.59 Å². The second-order valence-electron chi connectivity index (χ2n) is 7.72. The van der Waals surface area contributed by atoms with Gasteiger partial charge >= 0.3 is 11.9 Å². The van der Waals surface area contributed by atoms with Gasteiger partial charge in [0.2, 0.25) is 0 Å². The lowest BCUT2D eigenvalue weighted by molar-refractivity contribution is -0.145. The van der Waals surface area contributed by atoms with Gasteiger partial charge in [-0.2, -0.15) is 0 Å². The zero-order chi connectivity index (χ0) is 24.7. The molecule has 0 amide bonds. The Labute approximate surface area is 205 Å². The van der Waals surface area contributed by atoms with E-state index in [-0.39, 0.29) is 31.1 Å². The summed E-state index contributed by atoms with van der Waals surface area (Å²) in [7, 11) is 3.19. The summed E-state index contributed by atoms with van der Waals surface area (Å²) < 4.78 is 21.3. The van der Waals surface area contributed by atoms with Crippen LogP contribution in [0.25, 0.3) is 0 Å². The van der Waals surface area contributed by atoms with Gasteiger partial charge in [-0.1, -0.05) is 11.6 Å². The number of hydrogen-bond donors (Lipinski definition) is 1. The summed E-state index contributed by atoms with van der Waals surface area (Å²) in [5.41, 5.74) is 3.60. The molecule has 1 heterocycles. The van der Waals surface area contributed by atoms with Crippen LogP contribution in [0.3, 0.4) is 0 Å².